The predicted octanol–water partition coefficient (Wildman–Crippen LogP) is 3.09. The van der Waals surface area contributed by atoms with E-state index in [1.165, 1.54) is 24.3 Å². The fraction of sp³-hybridized carbons (Fsp3) is 0.278. The first-order chi connectivity index (χ1) is 11.1. The van der Waals surface area contributed by atoms with Crippen LogP contribution >= 0.6 is 0 Å². The van der Waals surface area contributed by atoms with Gasteiger partial charge in [0.15, 0.2) is 0 Å². The van der Waals surface area contributed by atoms with E-state index in [0.29, 0.717) is 12.1 Å². The number of halogens is 1. The summed E-state index contributed by atoms with van der Waals surface area (Å²) in [7, 11) is 0. The molecule has 0 bridgehead atoms. The van der Waals surface area contributed by atoms with Crippen molar-refractivity contribution in [1.29, 1.82) is 0 Å². The third-order valence-corrected chi connectivity index (χ3v) is 3.98. The number of para-hydroxylation sites is 2. The maximum atomic E-state index is 13.0. The van der Waals surface area contributed by atoms with E-state index in [-0.39, 0.29) is 18.1 Å². The zero-order valence-corrected chi connectivity index (χ0v) is 12.9. The van der Waals surface area contributed by atoms with Gasteiger partial charge in [-0.15, -0.1) is 0 Å². The number of benzene rings is 2. The highest BCUT2D eigenvalue weighted by Gasteiger charge is 2.16. The highest BCUT2D eigenvalue weighted by atomic mass is 19.1. The van der Waals surface area contributed by atoms with Crippen LogP contribution in [0, 0.1) is 5.82 Å². The minimum Gasteiger partial charge on any atom is -0.387 e. The first-order valence-electron chi connectivity index (χ1n) is 7.73. The van der Waals surface area contributed by atoms with E-state index < -0.39 is 6.10 Å². The van der Waals surface area contributed by atoms with Gasteiger partial charge in [0.1, 0.15) is 5.82 Å². The van der Waals surface area contributed by atoms with Crippen LogP contribution in [0.15, 0.2) is 53.3 Å². The first-order valence-corrected chi connectivity index (χ1v) is 7.73. The lowest BCUT2D eigenvalue weighted by Gasteiger charge is -2.12. The summed E-state index contributed by atoms with van der Waals surface area (Å²) in [6, 6.07) is 13.2. The Bertz CT molecular complexity index is 865. The number of aliphatic hydroxyl groups excluding tert-OH is 1. The van der Waals surface area contributed by atoms with E-state index >= 15 is 0 Å². The molecule has 0 fully saturated rings. The molecule has 0 amide bonds. The summed E-state index contributed by atoms with van der Waals surface area (Å²) < 4.78 is 16.3. The van der Waals surface area contributed by atoms with Gasteiger partial charge in [0.25, 0.3) is 0 Å². The largest absolute Gasteiger partial charge is 0.387 e. The smallest absolute Gasteiger partial charge is 0.329 e. The zero-order chi connectivity index (χ0) is 16.4. The molecule has 1 unspecified atom stereocenters. The van der Waals surface area contributed by atoms with Gasteiger partial charge in [-0.1, -0.05) is 31.2 Å². The van der Waals surface area contributed by atoms with E-state index in [4.69, 9.17) is 0 Å². The van der Waals surface area contributed by atoms with Crippen molar-refractivity contribution in [2.75, 3.05) is 0 Å². The van der Waals surface area contributed by atoms with E-state index in [0.717, 1.165) is 17.5 Å². The van der Waals surface area contributed by atoms with Crippen LogP contribution in [0.25, 0.3) is 11.0 Å². The van der Waals surface area contributed by atoms with Gasteiger partial charge in [-0.05, 0) is 36.2 Å². The number of aryl methyl sites for hydroxylation is 1. The third-order valence-electron chi connectivity index (χ3n) is 3.98. The molecule has 3 aromatic rings. The van der Waals surface area contributed by atoms with Crippen LogP contribution in [-0.4, -0.2) is 14.2 Å². The molecule has 0 aliphatic heterocycles. The molecule has 4 nitrogen and oxygen atoms in total. The lowest BCUT2D eigenvalue weighted by molar-refractivity contribution is 0.156. The lowest BCUT2D eigenvalue weighted by atomic mass is 10.1. The maximum Gasteiger partial charge on any atom is 0.329 e. The average molecular weight is 314 g/mol. The Labute approximate surface area is 133 Å². The Balaban J connectivity index is 2.01. The van der Waals surface area contributed by atoms with Crippen molar-refractivity contribution in [1.82, 2.24) is 9.13 Å². The molecule has 1 N–H and O–H groups in total. The van der Waals surface area contributed by atoms with Gasteiger partial charge >= 0.3 is 5.69 Å². The van der Waals surface area contributed by atoms with E-state index in [9.17, 15) is 14.3 Å². The number of aromatic nitrogens is 2. The number of fused-ring (bicyclic) bond motifs is 1. The standard InChI is InChI=1S/C18H19FN2O2/c1-2-11-20-15-5-3-4-6-16(15)21(18(20)23)12-17(22)13-7-9-14(19)10-8-13/h3-10,17,22H,2,11-12H2,1H3. The van der Waals surface area contributed by atoms with Gasteiger partial charge in [0.05, 0.1) is 23.7 Å². The first kappa shape index (κ1) is 15.5. The van der Waals surface area contributed by atoms with Crippen molar-refractivity contribution in [3.8, 4) is 0 Å². The zero-order valence-electron chi connectivity index (χ0n) is 12.9. The van der Waals surface area contributed by atoms with Crippen LogP contribution in [0.1, 0.15) is 25.0 Å². The Morgan fingerprint density at radius 3 is 2.26 bits per heavy atom. The number of aliphatic hydroxyl groups is 1. The molecule has 3 rings (SSSR count). The summed E-state index contributed by atoms with van der Waals surface area (Å²) in [6.45, 7) is 2.80. The van der Waals surface area contributed by atoms with E-state index in [2.05, 4.69) is 0 Å². The van der Waals surface area contributed by atoms with Crippen molar-refractivity contribution in [3.05, 3.63) is 70.4 Å². The topological polar surface area (TPSA) is 47.2 Å². The number of rotatable bonds is 5. The average Bonchev–Trinajstić information content (AvgIpc) is 2.82. The van der Waals surface area contributed by atoms with E-state index in [1.54, 1.807) is 9.13 Å². The molecule has 0 spiro atoms. The Hall–Kier alpha value is -2.40. The highest BCUT2D eigenvalue weighted by Crippen LogP contribution is 2.19. The SMILES string of the molecule is CCCn1c(=O)n(CC(O)c2ccc(F)cc2)c2ccccc21. The monoisotopic (exact) mass is 314 g/mol. The van der Waals surface area contributed by atoms with Gasteiger partial charge < -0.3 is 5.11 Å². The van der Waals surface area contributed by atoms with Crippen LogP contribution in [0.2, 0.25) is 0 Å². The molecule has 0 aliphatic carbocycles. The summed E-state index contributed by atoms with van der Waals surface area (Å²) in [5.74, 6) is -0.349. The second-order valence-electron chi connectivity index (χ2n) is 5.60. The second kappa shape index (κ2) is 6.38. The van der Waals surface area contributed by atoms with Crippen LogP contribution in [-0.2, 0) is 13.1 Å². The molecular formula is C18H19FN2O2. The predicted molar refractivity (Wildman–Crippen MR) is 87.8 cm³/mol. The van der Waals surface area contributed by atoms with Crippen LogP contribution in [0.5, 0.6) is 0 Å². The molecule has 0 aliphatic rings. The van der Waals surface area contributed by atoms with Gasteiger partial charge in [-0.25, -0.2) is 9.18 Å². The van der Waals surface area contributed by atoms with Gasteiger partial charge in [0.2, 0.25) is 0 Å². The number of nitrogens with zero attached hydrogens (tertiary/aromatic N) is 2. The van der Waals surface area contributed by atoms with Gasteiger partial charge in [0, 0.05) is 6.54 Å². The number of hydrogen-bond donors (Lipinski definition) is 1. The maximum absolute atomic E-state index is 13.0. The molecule has 0 saturated carbocycles. The van der Waals surface area contributed by atoms with Crippen LogP contribution in [0.3, 0.4) is 0 Å². The second-order valence-corrected chi connectivity index (χ2v) is 5.60. The molecule has 2 aromatic carbocycles. The fourth-order valence-electron chi connectivity index (χ4n) is 2.85. The van der Waals surface area contributed by atoms with Gasteiger partial charge in [-0.3, -0.25) is 9.13 Å². The Kier molecular flexibility index (Phi) is 4.30. The molecule has 1 aromatic heterocycles. The summed E-state index contributed by atoms with van der Waals surface area (Å²) in [6.07, 6.45) is -0.0109. The van der Waals surface area contributed by atoms with Crippen molar-refractivity contribution in [2.45, 2.75) is 32.5 Å². The third kappa shape index (κ3) is 2.92. The van der Waals surface area contributed by atoms with Crippen molar-refractivity contribution in [3.63, 3.8) is 0 Å². The Morgan fingerprint density at radius 2 is 1.65 bits per heavy atom. The quantitative estimate of drug-likeness (QED) is 0.786. The molecule has 1 heterocycles. The van der Waals surface area contributed by atoms with Crippen LogP contribution in [0.4, 0.5) is 4.39 Å². The summed E-state index contributed by atoms with van der Waals surface area (Å²) in [5.41, 5.74) is 2.12. The number of imidazole rings is 1. The molecule has 120 valence electrons. The summed E-state index contributed by atoms with van der Waals surface area (Å²) in [5, 5.41) is 10.4. The molecule has 5 heteroatoms. The Morgan fingerprint density at radius 1 is 1.04 bits per heavy atom. The minimum atomic E-state index is -0.866. The molecule has 23 heavy (non-hydrogen) atoms. The highest BCUT2D eigenvalue weighted by molar-refractivity contribution is 5.76. The minimum absolute atomic E-state index is 0.130. The fourth-order valence-corrected chi connectivity index (χ4v) is 2.85. The number of hydrogen-bond acceptors (Lipinski definition) is 2. The van der Waals surface area contributed by atoms with Crippen molar-refractivity contribution in [2.24, 2.45) is 0 Å². The summed E-state index contributed by atoms with van der Waals surface area (Å²) >= 11 is 0. The van der Waals surface area contributed by atoms with E-state index in [1.807, 2.05) is 31.2 Å². The molecule has 0 saturated heterocycles. The molecule has 1 atom stereocenters. The lowest BCUT2D eigenvalue weighted by Crippen LogP contribution is -2.26. The van der Waals surface area contributed by atoms with Crippen LogP contribution < -0.4 is 5.69 Å². The summed E-state index contributed by atoms with van der Waals surface area (Å²) in [4.78, 5) is 12.7. The van der Waals surface area contributed by atoms with Crippen molar-refractivity contribution >= 4 is 11.0 Å². The molecule has 0 radical (unpaired) electrons. The normalized spacial score (nSPS) is 12.7. The molecular weight excluding hydrogens is 295 g/mol. The van der Waals surface area contributed by atoms with Crippen molar-refractivity contribution < 1.29 is 9.50 Å². The van der Waals surface area contributed by atoms with Gasteiger partial charge in [-0.2, -0.15) is 0 Å².